The molecule has 0 bridgehead atoms. The molecule has 1 saturated carbocycles. The maximum Gasteiger partial charge on any atom is 0.0935 e. The van der Waals surface area contributed by atoms with Crippen LogP contribution in [0.3, 0.4) is 0 Å². The van der Waals surface area contributed by atoms with E-state index in [4.69, 9.17) is 5.73 Å². The molecule has 1 aliphatic rings. The van der Waals surface area contributed by atoms with Crippen LogP contribution in [0.4, 0.5) is 0 Å². The van der Waals surface area contributed by atoms with Crippen molar-refractivity contribution in [3.05, 3.63) is 11.4 Å². The van der Waals surface area contributed by atoms with E-state index in [9.17, 15) is 0 Å². The highest BCUT2D eigenvalue weighted by atomic mass is 15.4. The average molecular weight is 194 g/mol. The number of aromatic nitrogens is 3. The maximum atomic E-state index is 5.80. The summed E-state index contributed by atoms with van der Waals surface area (Å²) in [5, 5.41) is 8.38. The molecule has 1 aromatic rings. The van der Waals surface area contributed by atoms with Gasteiger partial charge in [-0.15, -0.1) is 5.10 Å². The lowest BCUT2D eigenvalue weighted by molar-refractivity contribution is 0.636. The molecule has 0 atom stereocenters. The van der Waals surface area contributed by atoms with Crippen LogP contribution in [0.15, 0.2) is 0 Å². The summed E-state index contributed by atoms with van der Waals surface area (Å²) in [7, 11) is 1.96. The van der Waals surface area contributed by atoms with Gasteiger partial charge in [-0.3, -0.25) is 4.68 Å². The molecule has 0 aliphatic heterocycles. The van der Waals surface area contributed by atoms with Crippen LogP contribution in [-0.2, 0) is 12.5 Å². The van der Waals surface area contributed by atoms with Crippen LogP contribution in [0.25, 0.3) is 0 Å². The molecule has 14 heavy (non-hydrogen) atoms. The Morgan fingerprint density at radius 1 is 1.50 bits per heavy atom. The summed E-state index contributed by atoms with van der Waals surface area (Å²) in [4.78, 5) is 0. The number of nitrogens with zero attached hydrogens (tertiary/aromatic N) is 3. The summed E-state index contributed by atoms with van der Waals surface area (Å²) in [5.74, 6) is 0.467. The summed E-state index contributed by atoms with van der Waals surface area (Å²) >= 11 is 0. The second kappa shape index (κ2) is 3.05. The second-order valence-corrected chi connectivity index (χ2v) is 4.59. The lowest BCUT2D eigenvalue weighted by Gasteiger charge is -2.13. The number of aryl methyl sites for hydroxylation is 1. The molecular formula is C10H18N4. The van der Waals surface area contributed by atoms with Gasteiger partial charge in [-0.2, -0.15) is 0 Å². The van der Waals surface area contributed by atoms with Crippen LogP contribution in [-0.4, -0.2) is 21.5 Å². The molecule has 1 aliphatic carbocycles. The van der Waals surface area contributed by atoms with E-state index in [1.807, 2.05) is 11.7 Å². The first kappa shape index (κ1) is 9.65. The smallest absolute Gasteiger partial charge is 0.0935 e. The van der Waals surface area contributed by atoms with Crippen molar-refractivity contribution in [3.8, 4) is 0 Å². The van der Waals surface area contributed by atoms with Gasteiger partial charge in [0.05, 0.1) is 11.4 Å². The standard InChI is InChI=1S/C10H18N4/c1-7(2)8-9(12-13-14(8)3)10(6-11)4-5-10/h7H,4-6,11H2,1-3H3. The minimum Gasteiger partial charge on any atom is -0.330 e. The van der Waals surface area contributed by atoms with Crippen LogP contribution in [0.2, 0.25) is 0 Å². The Balaban J connectivity index is 2.43. The molecule has 78 valence electrons. The van der Waals surface area contributed by atoms with Crippen LogP contribution in [0.5, 0.6) is 0 Å². The van der Waals surface area contributed by atoms with Gasteiger partial charge in [-0.05, 0) is 18.8 Å². The zero-order valence-corrected chi connectivity index (χ0v) is 9.12. The van der Waals surface area contributed by atoms with Crippen molar-refractivity contribution in [1.82, 2.24) is 15.0 Å². The Morgan fingerprint density at radius 2 is 2.14 bits per heavy atom. The normalized spacial score (nSPS) is 18.9. The highest BCUT2D eigenvalue weighted by molar-refractivity contribution is 5.30. The SMILES string of the molecule is CC(C)c1c(C2(CN)CC2)nnn1C. The Hall–Kier alpha value is -0.900. The quantitative estimate of drug-likeness (QED) is 0.778. The van der Waals surface area contributed by atoms with E-state index in [0.29, 0.717) is 12.5 Å². The lowest BCUT2D eigenvalue weighted by Crippen LogP contribution is -2.22. The Morgan fingerprint density at radius 3 is 2.57 bits per heavy atom. The summed E-state index contributed by atoms with van der Waals surface area (Å²) in [6.45, 7) is 5.05. The van der Waals surface area contributed by atoms with Gasteiger partial charge in [0.15, 0.2) is 0 Å². The topological polar surface area (TPSA) is 56.7 Å². The summed E-state index contributed by atoms with van der Waals surface area (Å²) in [6, 6.07) is 0. The van der Waals surface area contributed by atoms with Crippen LogP contribution in [0.1, 0.15) is 44.0 Å². The van der Waals surface area contributed by atoms with E-state index < -0.39 is 0 Å². The lowest BCUT2D eigenvalue weighted by atomic mass is 9.96. The van der Waals surface area contributed by atoms with Crippen LogP contribution >= 0.6 is 0 Å². The van der Waals surface area contributed by atoms with Crippen molar-refractivity contribution in [2.75, 3.05) is 6.54 Å². The molecule has 1 heterocycles. The fraction of sp³-hybridized carbons (Fsp3) is 0.800. The minimum atomic E-state index is 0.161. The van der Waals surface area contributed by atoms with E-state index >= 15 is 0 Å². The van der Waals surface area contributed by atoms with E-state index in [2.05, 4.69) is 24.2 Å². The molecule has 0 saturated heterocycles. The zero-order chi connectivity index (χ0) is 10.3. The third-order valence-electron chi connectivity index (χ3n) is 3.16. The third kappa shape index (κ3) is 1.25. The van der Waals surface area contributed by atoms with Crippen LogP contribution in [0, 0.1) is 0 Å². The van der Waals surface area contributed by atoms with Gasteiger partial charge in [0, 0.05) is 19.0 Å². The fourth-order valence-corrected chi connectivity index (χ4v) is 2.08. The molecule has 1 aromatic heterocycles. The van der Waals surface area contributed by atoms with Gasteiger partial charge in [-0.25, -0.2) is 0 Å². The van der Waals surface area contributed by atoms with E-state index in [1.54, 1.807) is 0 Å². The molecule has 0 radical (unpaired) electrons. The molecule has 0 aromatic carbocycles. The first-order valence-corrected chi connectivity index (χ1v) is 5.21. The summed E-state index contributed by atoms with van der Waals surface area (Å²) in [6.07, 6.45) is 2.34. The van der Waals surface area contributed by atoms with Gasteiger partial charge in [0.2, 0.25) is 0 Å². The van der Waals surface area contributed by atoms with Gasteiger partial charge in [0.1, 0.15) is 0 Å². The minimum absolute atomic E-state index is 0.161. The van der Waals surface area contributed by atoms with Crippen molar-refractivity contribution in [2.45, 2.75) is 38.0 Å². The number of nitrogens with two attached hydrogens (primary N) is 1. The zero-order valence-electron chi connectivity index (χ0n) is 9.12. The van der Waals surface area contributed by atoms with Gasteiger partial charge in [0.25, 0.3) is 0 Å². The van der Waals surface area contributed by atoms with E-state index in [-0.39, 0.29) is 5.41 Å². The van der Waals surface area contributed by atoms with Crippen molar-refractivity contribution < 1.29 is 0 Å². The van der Waals surface area contributed by atoms with Gasteiger partial charge < -0.3 is 5.73 Å². The molecular weight excluding hydrogens is 176 g/mol. The molecule has 1 fully saturated rings. The number of hydrogen-bond donors (Lipinski definition) is 1. The molecule has 2 N–H and O–H groups in total. The molecule has 4 nitrogen and oxygen atoms in total. The molecule has 0 unspecified atom stereocenters. The molecule has 0 amide bonds. The van der Waals surface area contributed by atoms with Crippen molar-refractivity contribution >= 4 is 0 Å². The average Bonchev–Trinajstić information content (AvgIpc) is 2.84. The summed E-state index contributed by atoms with van der Waals surface area (Å²) in [5.41, 5.74) is 8.34. The van der Waals surface area contributed by atoms with Gasteiger partial charge >= 0.3 is 0 Å². The molecule has 2 rings (SSSR count). The largest absolute Gasteiger partial charge is 0.330 e. The second-order valence-electron chi connectivity index (χ2n) is 4.59. The summed E-state index contributed by atoms with van der Waals surface area (Å²) < 4.78 is 1.88. The van der Waals surface area contributed by atoms with Gasteiger partial charge in [-0.1, -0.05) is 19.1 Å². The Bertz CT molecular complexity index is 336. The van der Waals surface area contributed by atoms with Crippen molar-refractivity contribution in [3.63, 3.8) is 0 Å². The number of hydrogen-bond acceptors (Lipinski definition) is 3. The van der Waals surface area contributed by atoms with Crippen molar-refractivity contribution in [2.24, 2.45) is 12.8 Å². The van der Waals surface area contributed by atoms with E-state index in [0.717, 1.165) is 5.69 Å². The highest BCUT2D eigenvalue weighted by Gasteiger charge is 2.47. The third-order valence-corrected chi connectivity index (χ3v) is 3.16. The first-order valence-electron chi connectivity index (χ1n) is 5.21. The predicted molar refractivity (Wildman–Crippen MR) is 55.1 cm³/mol. The van der Waals surface area contributed by atoms with E-state index in [1.165, 1.54) is 18.5 Å². The highest BCUT2D eigenvalue weighted by Crippen LogP contribution is 2.48. The fourth-order valence-electron chi connectivity index (χ4n) is 2.08. The first-order chi connectivity index (χ1) is 6.60. The predicted octanol–water partition coefficient (Wildman–Crippen LogP) is 0.929. The molecule has 0 spiro atoms. The Kier molecular flexibility index (Phi) is 2.10. The monoisotopic (exact) mass is 194 g/mol. The Labute approximate surface area is 84.5 Å². The van der Waals surface area contributed by atoms with Crippen LogP contribution < -0.4 is 5.73 Å². The van der Waals surface area contributed by atoms with Crippen molar-refractivity contribution in [1.29, 1.82) is 0 Å². The molecule has 4 heteroatoms. The number of rotatable bonds is 3. The maximum absolute atomic E-state index is 5.80.